The zero-order valence-corrected chi connectivity index (χ0v) is 16.7. The zero-order valence-electron chi connectivity index (χ0n) is 16.7. The number of phenols is 1. The van der Waals surface area contributed by atoms with E-state index in [0.29, 0.717) is 19.4 Å². The first kappa shape index (κ1) is 23.6. The molecular weight excluding hydrogens is 392 g/mol. The van der Waals surface area contributed by atoms with Gasteiger partial charge in [0, 0.05) is 13.0 Å². The van der Waals surface area contributed by atoms with Gasteiger partial charge in [-0.25, -0.2) is 4.79 Å². The van der Waals surface area contributed by atoms with E-state index in [-0.39, 0.29) is 31.6 Å². The molecule has 0 saturated carbocycles. The Bertz CT molecular complexity index is 741. The van der Waals surface area contributed by atoms with E-state index in [2.05, 4.69) is 5.32 Å². The van der Waals surface area contributed by atoms with Crippen LogP contribution in [0.4, 0.5) is 0 Å². The number of likely N-dealkylation sites (tertiary alicyclic amines) is 1. The minimum Gasteiger partial charge on any atom is -0.508 e. The summed E-state index contributed by atoms with van der Waals surface area (Å²) in [6.07, 6.45) is 0.711. The minimum absolute atomic E-state index is 0.0125. The summed E-state index contributed by atoms with van der Waals surface area (Å²) >= 11 is 0. The number of benzene rings is 1. The third kappa shape index (κ3) is 6.41. The van der Waals surface area contributed by atoms with Crippen molar-refractivity contribution >= 4 is 17.8 Å². The highest BCUT2D eigenvalue weighted by Gasteiger charge is 2.41. The van der Waals surface area contributed by atoms with E-state index < -0.39 is 42.0 Å². The number of aliphatic hydroxyl groups excluding tert-OH is 1. The molecule has 0 aromatic heterocycles. The number of nitrogens with one attached hydrogen (secondary N) is 1. The van der Waals surface area contributed by atoms with Gasteiger partial charge in [-0.2, -0.15) is 0 Å². The average Bonchev–Trinajstić information content (AvgIpc) is 3.10. The number of aliphatic carboxylic acids is 1. The van der Waals surface area contributed by atoms with Crippen LogP contribution in [0.15, 0.2) is 24.3 Å². The van der Waals surface area contributed by atoms with Crippen LogP contribution in [-0.2, 0) is 20.8 Å². The number of hydrogen-bond donors (Lipinski definition) is 6. The van der Waals surface area contributed by atoms with Crippen molar-refractivity contribution in [1.29, 1.82) is 0 Å². The monoisotopic (exact) mass is 422 g/mol. The summed E-state index contributed by atoms with van der Waals surface area (Å²) < 4.78 is 0. The molecule has 1 fully saturated rings. The number of carboxylic acid groups (broad SMARTS) is 1. The summed E-state index contributed by atoms with van der Waals surface area (Å²) in [4.78, 5) is 38.2. The molecule has 0 radical (unpaired) electrons. The summed E-state index contributed by atoms with van der Waals surface area (Å²) in [6, 6.07) is 3.22. The molecule has 2 rings (SSSR count). The Labute approximate surface area is 174 Å². The second-order valence-electron chi connectivity index (χ2n) is 7.56. The lowest BCUT2D eigenvalue weighted by molar-refractivity contribution is -0.144. The number of amides is 2. The fourth-order valence-electron chi connectivity index (χ4n) is 3.51. The third-order valence-corrected chi connectivity index (χ3v) is 5.14. The third-order valence-electron chi connectivity index (χ3n) is 5.14. The number of nitrogens with two attached hydrogens (primary N) is 2. The molecule has 0 unspecified atom stereocenters. The molecule has 0 spiro atoms. The van der Waals surface area contributed by atoms with Gasteiger partial charge in [-0.15, -0.1) is 0 Å². The van der Waals surface area contributed by atoms with Gasteiger partial charge >= 0.3 is 5.97 Å². The summed E-state index contributed by atoms with van der Waals surface area (Å²) in [5.41, 5.74) is 12.2. The molecule has 1 heterocycles. The van der Waals surface area contributed by atoms with Gasteiger partial charge in [0.2, 0.25) is 11.8 Å². The normalized spacial score (nSPS) is 20.6. The Balaban J connectivity index is 2.03. The topological polar surface area (TPSA) is 179 Å². The van der Waals surface area contributed by atoms with Gasteiger partial charge < -0.3 is 37.0 Å². The van der Waals surface area contributed by atoms with E-state index in [9.17, 15) is 29.7 Å². The molecule has 4 atom stereocenters. The maximum absolute atomic E-state index is 12.8. The van der Waals surface area contributed by atoms with Crippen LogP contribution < -0.4 is 16.8 Å². The number of carbonyl (C=O) groups excluding carboxylic acids is 2. The zero-order chi connectivity index (χ0) is 22.3. The molecule has 1 aromatic rings. The molecule has 1 aliphatic heterocycles. The van der Waals surface area contributed by atoms with E-state index >= 15 is 0 Å². The Hall–Kier alpha value is -2.69. The lowest BCUT2D eigenvalue weighted by Gasteiger charge is -2.27. The van der Waals surface area contributed by atoms with Crippen LogP contribution in [0.3, 0.4) is 0 Å². The molecule has 10 nitrogen and oxygen atoms in total. The van der Waals surface area contributed by atoms with Crippen molar-refractivity contribution in [2.45, 2.75) is 56.3 Å². The number of rotatable bonds is 10. The van der Waals surface area contributed by atoms with Crippen molar-refractivity contribution in [2.75, 3.05) is 13.1 Å². The molecule has 10 heteroatoms. The quantitative estimate of drug-likeness (QED) is 0.258. The van der Waals surface area contributed by atoms with E-state index in [1.165, 1.54) is 17.0 Å². The van der Waals surface area contributed by atoms with Crippen molar-refractivity contribution in [3.05, 3.63) is 29.8 Å². The SMILES string of the molecule is NCCCC[C@H](NC(=O)[C@@H]1C[C@@H](O)CN1C(=O)[C@@H](N)Cc1ccc(O)cc1)C(=O)O. The van der Waals surface area contributed by atoms with Crippen LogP contribution in [-0.4, -0.2) is 75.3 Å². The molecule has 2 amide bonds. The predicted octanol–water partition coefficient (Wildman–Crippen LogP) is -1.08. The molecule has 166 valence electrons. The average molecular weight is 422 g/mol. The van der Waals surface area contributed by atoms with Gasteiger partial charge in [0.1, 0.15) is 17.8 Å². The Morgan fingerprint density at radius 3 is 2.47 bits per heavy atom. The number of carbonyl (C=O) groups is 3. The first-order valence-electron chi connectivity index (χ1n) is 9.98. The summed E-state index contributed by atoms with van der Waals surface area (Å²) in [7, 11) is 0. The van der Waals surface area contributed by atoms with Crippen LogP contribution in [0.5, 0.6) is 5.75 Å². The number of aliphatic hydroxyl groups is 1. The highest BCUT2D eigenvalue weighted by Crippen LogP contribution is 2.21. The first-order chi connectivity index (χ1) is 14.2. The van der Waals surface area contributed by atoms with Crippen molar-refractivity contribution < 1.29 is 29.7 Å². The summed E-state index contributed by atoms with van der Waals surface area (Å²) in [5, 5.41) is 31.2. The van der Waals surface area contributed by atoms with Crippen LogP contribution >= 0.6 is 0 Å². The summed E-state index contributed by atoms with van der Waals surface area (Å²) in [5.74, 6) is -2.20. The van der Waals surface area contributed by atoms with Gasteiger partial charge in [-0.3, -0.25) is 9.59 Å². The number of aromatic hydroxyl groups is 1. The number of phenolic OH excluding ortho intramolecular Hbond substituents is 1. The fraction of sp³-hybridized carbons (Fsp3) is 0.550. The highest BCUT2D eigenvalue weighted by molar-refractivity contribution is 5.92. The second-order valence-corrected chi connectivity index (χ2v) is 7.56. The van der Waals surface area contributed by atoms with Crippen LogP contribution in [0.25, 0.3) is 0 Å². The number of carboxylic acids is 1. The number of unbranched alkanes of at least 4 members (excludes halogenated alkanes) is 1. The number of nitrogens with zero attached hydrogens (tertiary/aromatic N) is 1. The van der Waals surface area contributed by atoms with Gasteiger partial charge in [0.05, 0.1) is 12.1 Å². The number of β-amino-alcohol motifs (C(OH)–C–C–N with tert-alkyl or cyclic N) is 1. The maximum Gasteiger partial charge on any atom is 0.326 e. The Kier molecular flexibility index (Phi) is 8.58. The Morgan fingerprint density at radius 2 is 1.87 bits per heavy atom. The molecule has 0 aliphatic carbocycles. The molecule has 1 saturated heterocycles. The van der Waals surface area contributed by atoms with Gasteiger partial charge in [0.25, 0.3) is 0 Å². The molecular formula is C20H30N4O6. The predicted molar refractivity (Wildman–Crippen MR) is 108 cm³/mol. The van der Waals surface area contributed by atoms with Crippen molar-refractivity contribution in [3.63, 3.8) is 0 Å². The van der Waals surface area contributed by atoms with Gasteiger partial charge in [-0.1, -0.05) is 12.1 Å². The van der Waals surface area contributed by atoms with E-state index in [1.807, 2.05) is 0 Å². The van der Waals surface area contributed by atoms with Gasteiger partial charge in [-0.05, 0) is 49.9 Å². The first-order valence-corrected chi connectivity index (χ1v) is 9.98. The smallest absolute Gasteiger partial charge is 0.326 e. The minimum atomic E-state index is -1.17. The van der Waals surface area contributed by atoms with Crippen molar-refractivity contribution in [2.24, 2.45) is 11.5 Å². The van der Waals surface area contributed by atoms with Crippen molar-refractivity contribution in [1.82, 2.24) is 10.2 Å². The standard InChI is InChI=1S/C20H30N4O6/c21-8-2-1-3-16(20(29)30)23-18(27)17-10-14(26)11-24(17)19(28)15(22)9-12-4-6-13(25)7-5-12/h4-7,14-17,25-26H,1-3,8-11,21-22H2,(H,23,27)(H,29,30)/t14-,15+,16+,17+/m1/s1. The van der Waals surface area contributed by atoms with E-state index in [0.717, 1.165) is 5.56 Å². The van der Waals surface area contributed by atoms with Crippen LogP contribution in [0.2, 0.25) is 0 Å². The molecule has 1 aliphatic rings. The lowest BCUT2D eigenvalue weighted by atomic mass is 10.0. The van der Waals surface area contributed by atoms with E-state index in [1.54, 1.807) is 12.1 Å². The largest absolute Gasteiger partial charge is 0.508 e. The molecule has 1 aromatic carbocycles. The number of hydrogen-bond acceptors (Lipinski definition) is 7. The summed E-state index contributed by atoms with van der Waals surface area (Å²) in [6.45, 7) is 0.376. The fourth-order valence-corrected chi connectivity index (χ4v) is 3.51. The lowest BCUT2D eigenvalue weighted by Crippen LogP contribution is -2.54. The highest BCUT2D eigenvalue weighted by atomic mass is 16.4. The maximum atomic E-state index is 12.8. The molecule has 30 heavy (non-hydrogen) atoms. The Morgan fingerprint density at radius 1 is 1.20 bits per heavy atom. The van der Waals surface area contributed by atoms with Crippen LogP contribution in [0.1, 0.15) is 31.2 Å². The van der Waals surface area contributed by atoms with Crippen molar-refractivity contribution in [3.8, 4) is 5.75 Å². The molecule has 8 N–H and O–H groups in total. The molecule has 0 bridgehead atoms. The van der Waals surface area contributed by atoms with Crippen LogP contribution in [0, 0.1) is 0 Å². The van der Waals surface area contributed by atoms with Gasteiger partial charge in [0.15, 0.2) is 0 Å². The second kappa shape index (κ2) is 10.9. The van der Waals surface area contributed by atoms with E-state index in [4.69, 9.17) is 11.5 Å².